The summed E-state index contributed by atoms with van der Waals surface area (Å²) in [6.07, 6.45) is 7.98. The van der Waals surface area contributed by atoms with Gasteiger partial charge in [0.05, 0.1) is 12.4 Å². The van der Waals surface area contributed by atoms with Gasteiger partial charge in [-0.05, 0) is 38.1 Å². The van der Waals surface area contributed by atoms with Crippen LogP contribution in [0.15, 0.2) is 0 Å². The maximum Gasteiger partial charge on any atom is 0.214 e. The van der Waals surface area contributed by atoms with Crippen LogP contribution >= 0.6 is 0 Å². The van der Waals surface area contributed by atoms with Crippen LogP contribution in [0.1, 0.15) is 44.9 Å². The Kier molecular flexibility index (Phi) is 6.92. The van der Waals surface area contributed by atoms with E-state index in [0.29, 0.717) is 37.4 Å². The van der Waals surface area contributed by atoms with Crippen molar-refractivity contribution in [2.24, 2.45) is 5.92 Å². The number of sulfonamides is 1. The lowest BCUT2D eigenvalue weighted by Gasteiger charge is -2.28. The zero-order valence-corrected chi connectivity index (χ0v) is 14.0. The molecule has 2 aliphatic rings. The van der Waals surface area contributed by atoms with Gasteiger partial charge in [-0.25, -0.2) is 8.42 Å². The Morgan fingerprint density at radius 1 is 1.14 bits per heavy atom. The standard InChI is InChI=1S/C15H30N2O3S/c1-20-11-10-17(12-15-8-5-9-16-15)21(18,19)13-14-6-3-2-4-7-14/h14-16H,2-13H2,1H3. The van der Waals surface area contributed by atoms with Crippen molar-refractivity contribution in [3.05, 3.63) is 0 Å². The molecule has 1 aliphatic carbocycles. The van der Waals surface area contributed by atoms with Crippen LogP contribution in [0.5, 0.6) is 0 Å². The molecule has 1 heterocycles. The quantitative estimate of drug-likeness (QED) is 0.738. The minimum absolute atomic E-state index is 0.308. The zero-order valence-electron chi connectivity index (χ0n) is 13.2. The maximum absolute atomic E-state index is 12.7. The number of nitrogens with zero attached hydrogens (tertiary/aromatic N) is 1. The molecule has 0 radical (unpaired) electrons. The Morgan fingerprint density at radius 3 is 2.52 bits per heavy atom. The largest absolute Gasteiger partial charge is 0.383 e. The van der Waals surface area contributed by atoms with Crippen LogP contribution in [-0.2, 0) is 14.8 Å². The Morgan fingerprint density at radius 2 is 1.90 bits per heavy atom. The van der Waals surface area contributed by atoms with E-state index in [1.54, 1.807) is 11.4 Å². The monoisotopic (exact) mass is 318 g/mol. The SMILES string of the molecule is COCCN(CC1CCCN1)S(=O)(=O)CC1CCCCC1. The van der Waals surface area contributed by atoms with E-state index < -0.39 is 10.0 Å². The van der Waals surface area contributed by atoms with Gasteiger partial charge in [-0.2, -0.15) is 4.31 Å². The van der Waals surface area contributed by atoms with Gasteiger partial charge < -0.3 is 10.1 Å². The van der Waals surface area contributed by atoms with Gasteiger partial charge in [-0.3, -0.25) is 0 Å². The first-order valence-electron chi connectivity index (χ1n) is 8.32. The molecule has 21 heavy (non-hydrogen) atoms. The summed E-state index contributed by atoms with van der Waals surface area (Å²) in [6.45, 7) is 2.55. The Balaban J connectivity index is 1.94. The second-order valence-corrected chi connectivity index (χ2v) is 8.44. The van der Waals surface area contributed by atoms with Crippen molar-refractivity contribution in [2.75, 3.05) is 39.1 Å². The third-order valence-corrected chi connectivity index (χ3v) is 6.71. The highest BCUT2D eigenvalue weighted by Gasteiger charge is 2.29. The molecule has 1 saturated heterocycles. The summed E-state index contributed by atoms with van der Waals surface area (Å²) in [7, 11) is -1.54. The summed E-state index contributed by atoms with van der Waals surface area (Å²) in [5, 5.41) is 3.39. The van der Waals surface area contributed by atoms with Crippen molar-refractivity contribution in [1.82, 2.24) is 9.62 Å². The minimum atomic E-state index is -3.17. The molecule has 0 aromatic heterocycles. The molecule has 1 N–H and O–H groups in total. The van der Waals surface area contributed by atoms with Crippen LogP contribution in [0.3, 0.4) is 0 Å². The van der Waals surface area contributed by atoms with Crippen molar-refractivity contribution in [3.63, 3.8) is 0 Å². The number of hydrogen-bond acceptors (Lipinski definition) is 4. The van der Waals surface area contributed by atoms with Crippen molar-refractivity contribution in [1.29, 1.82) is 0 Å². The first-order chi connectivity index (χ1) is 10.1. The van der Waals surface area contributed by atoms with Gasteiger partial charge in [0.2, 0.25) is 10.0 Å². The van der Waals surface area contributed by atoms with E-state index in [4.69, 9.17) is 4.74 Å². The Bertz CT molecular complexity index is 388. The van der Waals surface area contributed by atoms with Gasteiger partial charge in [0, 0.05) is 26.2 Å². The smallest absolute Gasteiger partial charge is 0.214 e. The average molecular weight is 318 g/mol. The summed E-state index contributed by atoms with van der Waals surface area (Å²) in [6, 6.07) is 0.308. The molecular weight excluding hydrogens is 288 g/mol. The molecule has 6 heteroatoms. The summed E-state index contributed by atoms with van der Waals surface area (Å²) in [5.74, 6) is 0.675. The Labute approximate surface area is 129 Å². The van der Waals surface area contributed by atoms with E-state index in [1.165, 1.54) is 19.3 Å². The lowest BCUT2D eigenvalue weighted by molar-refractivity contribution is 0.176. The average Bonchev–Trinajstić information content (AvgIpc) is 2.97. The minimum Gasteiger partial charge on any atom is -0.383 e. The van der Waals surface area contributed by atoms with Crippen LogP contribution in [0, 0.1) is 5.92 Å². The molecular formula is C15H30N2O3S. The normalized spacial score (nSPS) is 24.8. The molecule has 2 fully saturated rings. The molecule has 0 aromatic carbocycles. The van der Waals surface area contributed by atoms with Crippen molar-refractivity contribution in [2.45, 2.75) is 51.0 Å². The van der Waals surface area contributed by atoms with Gasteiger partial charge in [0.25, 0.3) is 0 Å². The van der Waals surface area contributed by atoms with E-state index in [2.05, 4.69) is 5.32 Å². The van der Waals surface area contributed by atoms with Crippen LogP contribution in [0.25, 0.3) is 0 Å². The van der Waals surface area contributed by atoms with E-state index in [-0.39, 0.29) is 0 Å². The summed E-state index contributed by atoms with van der Waals surface area (Å²) >= 11 is 0. The lowest BCUT2D eigenvalue weighted by atomic mass is 9.91. The lowest BCUT2D eigenvalue weighted by Crippen LogP contribution is -2.44. The van der Waals surface area contributed by atoms with Crippen molar-refractivity contribution < 1.29 is 13.2 Å². The fourth-order valence-electron chi connectivity index (χ4n) is 3.45. The number of ether oxygens (including phenoxy) is 1. The first-order valence-corrected chi connectivity index (χ1v) is 9.93. The van der Waals surface area contributed by atoms with Gasteiger partial charge in [-0.1, -0.05) is 19.3 Å². The van der Waals surface area contributed by atoms with E-state index >= 15 is 0 Å². The molecule has 1 saturated carbocycles. The predicted octanol–water partition coefficient (Wildman–Crippen LogP) is 1.60. The van der Waals surface area contributed by atoms with Gasteiger partial charge in [0.1, 0.15) is 0 Å². The molecule has 2 rings (SSSR count). The molecule has 1 aliphatic heterocycles. The molecule has 5 nitrogen and oxygen atoms in total. The summed E-state index contributed by atoms with van der Waals surface area (Å²) in [5.41, 5.74) is 0. The molecule has 0 spiro atoms. The molecule has 1 atom stereocenters. The number of nitrogens with one attached hydrogen (secondary N) is 1. The van der Waals surface area contributed by atoms with Crippen molar-refractivity contribution in [3.8, 4) is 0 Å². The highest BCUT2D eigenvalue weighted by Crippen LogP contribution is 2.26. The maximum atomic E-state index is 12.7. The Hall–Kier alpha value is -0.170. The van der Waals surface area contributed by atoms with Gasteiger partial charge in [-0.15, -0.1) is 0 Å². The van der Waals surface area contributed by atoms with Crippen LogP contribution < -0.4 is 5.32 Å². The number of rotatable bonds is 8. The number of hydrogen-bond donors (Lipinski definition) is 1. The third kappa shape index (κ3) is 5.51. The topological polar surface area (TPSA) is 58.6 Å². The fourth-order valence-corrected chi connectivity index (χ4v) is 5.35. The summed E-state index contributed by atoms with van der Waals surface area (Å²) < 4.78 is 32.2. The van der Waals surface area contributed by atoms with E-state index in [1.807, 2.05) is 0 Å². The third-order valence-electron chi connectivity index (χ3n) is 4.70. The number of methoxy groups -OCH3 is 1. The van der Waals surface area contributed by atoms with Crippen LogP contribution in [-0.4, -0.2) is 57.9 Å². The van der Waals surface area contributed by atoms with E-state index in [9.17, 15) is 8.42 Å². The second-order valence-electron chi connectivity index (χ2n) is 6.43. The fraction of sp³-hybridized carbons (Fsp3) is 1.00. The highest BCUT2D eigenvalue weighted by molar-refractivity contribution is 7.89. The second kappa shape index (κ2) is 8.46. The molecule has 0 aromatic rings. The highest BCUT2D eigenvalue weighted by atomic mass is 32.2. The molecule has 124 valence electrons. The van der Waals surface area contributed by atoms with Gasteiger partial charge in [0.15, 0.2) is 0 Å². The van der Waals surface area contributed by atoms with Crippen LogP contribution in [0.4, 0.5) is 0 Å². The molecule has 1 unspecified atom stereocenters. The first kappa shape index (κ1) is 17.2. The van der Waals surface area contributed by atoms with E-state index in [0.717, 1.165) is 32.2 Å². The molecule has 0 amide bonds. The van der Waals surface area contributed by atoms with Crippen LogP contribution in [0.2, 0.25) is 0 Å². The van der Waals surface area contributed by atoms with Crippen molar-refractivity contribution >= 4 is 10.0 Å². The zero-order chi connectivity index (χ0) is 15.1. The predicted molar refractivity (Wildman–Crippen MR) is 84.8 cm³/mol. The molecule has 0 bridgehead atoms. The summed E-state index contributed by atoms with van der Waals surface area (Å²) in [4.78, 5) is 0. The van der Waals surface area contributed by atoms with Gasteiger partial charge >= 0.3 is 0 Å².